The third-order valence-corrected chi connectivity index (χ3v) is 4.25. The molecule has 0 spiro atoms. The fraction of sp³-hybridized carbons (Fsp3) is 1.00. The summed E-state index contributed by atoms with van der Waals surface area (Å²) in [5.41, 5.74) is 0. The van der Waals surface area contributed by atoms with Gasteiger partial charge in [-0.25, -0.2) is 0 Å². The molecule has 2 fully saturated rings. The molecule has 1 saturated carbocycles. The van der Waals surface area contributed by atoms with E-state index in [2.05, 4.69) is 10.6 Å². The van der Waals surface area contributed by atoms with E-state index >= 15 is 0 Å². The minimum absolute atomic E-state index is 1.03. The van der Waals surface area contributed by atoms with E-state index in [9.17, 15) is 0 Å². The molecule has 1 aliphatic heterocycles. The van der Waals surface area contributed by atoms with Gasteiger partial charge in [-0.1, -0.05) is 24.8 Å². The van der Waals surface area contributed by atoms with Crippen molar-refractivity contribution in [3.05, 3.63) is 0 Å². The van der Waals surface area contributed by atoms with Crippen LogP contribution in [0.3, 0.4) is 0 Å². The molecular weight excluding hydrogens is 166 g/mol. The topological polar surface area (TPSA) is 3.24 Å². The molecule has 2 aliphatic rings. The maximum Gasteiger partial charge on any atom is 0.0118 e. The van der Waals surface area contributed by atoms with Gasteiger partial charge in [0.05, 0.1) is 0 Å². The number of nitrogens with zero attached hydrogens (tertiary/aromatic N) is 1. The first-order valence-corrected chi connectivity index (χ1v) is 6.35. The number of hydrogen-bond donors (Lipinski definition) is 0. The zero-order valence-electron chi connectivity index (χ0n) is 7.96. The van der Waals surface area contributed by atoms with Crippen LogP contribution < -0.4 is 0 Å². The summed E-state index contributed by atoms with van der Waals surface area (Å²) in [6, 6.07) is 0. The van der Waals surface area contributed by atoms with E-state index in [1.807, 2.05) is 11.9 Å². The molecule has 0 radical (unpaired) electrons. The maximum atomic E-state index is 2.57. The summed E-state index contributed by atoms with van der Waals surface area (Å²) in [6.45, 7) is 2.69. The van der Waals surface area contributed by atoms with Crippen LogP contribution in [-0.2, 0) is 0 Å². The van der Waals surface area contributed by atoms with Gasteiger partial charge in [0.2, 0.25) is 0 Å². The summed E-state index contributed by atoms with van der Waals surface area (Å²) in [4.78, 5) is 0. The molecular formula is C10H19NS. The first-order valence-electron chi connectivity index (χ1n) is 5.17. The van der Waals surface area contributed by atoms with Crippen molar-refractivity contribution in [3.63, 3.8) is 0 Å². The quantitative estimate of drug-likeness (QED) is 0.578. The molecule has 2 atom stereocenters. The Balaban J connectivity index is 1.95. The van der Waals surface area contributed by atoms with Crippen molar-refractivity contribution in [3.8, 4) is 0 Å². The first-order chi connectivity index (χ1) is 5.88. The van der Waals surface area contributed by atoms with Crippen LogP contribution >= 0.6 is 11.9 Å². The van der Waals surface area contributed by atoms with Crippen LogP contribution in [0.2, 0.25) is 0 Å². The molecule has 2 bridgehead atoms. The highest BCUT2D eigenvalue weighted by Crippen LogP contribution is 2.35. The lowest BCUT2D eigenvalue weighted by Gasteiger charge is -2.26. The Bertz CT molecular complexity index is 149. The molecule has 70 valence electrons. The Morgan fingerprint density at radius 1 is 1.17 bits per heavy atom. The molecule has 0 N–H and O–H groups in total. The van der Waals surface area contributed by atoms with E-state index in [1.165, 1.54) is 45.2 Å². The predicted octanol–water partition coefficient (Wildman–Crippen LogP) is 2.78. The summed E-state index contributed by atoms with van der Waals surface area (Å²) < 4.78 is 2.57. The molecule has 2 rings (SSSR count). The van der Waals surface area contributed by atoms with Gasteiger partial charge in [0.25, 0.3) is 0 Å². The fourth-order valence-corrected chi connectivity index (χ4v) is 3.35. The SMILES string of the molecule is CSN1CCC2CCCC(C2)C1. The average Bonchev–Trinajstić information content (AvgIpc) is 2.25. The minimum Gasteiger partial charge on any atom is -0.251 e. The average molecular weight is 185 g/mol. The molecule has 12 heavy (non-hydrogen) atoms. The Labute approximate surface area is 80.0 Å². The third kappa shape index (κ3) is 1.97. The van der Waals surface area contributed by atoms with Gasteiger partial charge in [0, 0.05) is 13.1 Å². The van der Waals surface area contributed by atoms with Gasteiger partial charge in [-0.3, -0.25) is 4.31 Å². The van der Waals surface area contributed by atoms with Crippen LogP contribution in [0, 0.1) is 11.8 Å². The first kappa shape index (κ1) is 8.89. The van der Waals surface area contributed by atoms with Crippen LogP contribution in [0.15, 0.2) is 0 Å². The smallest absolute Gasteiger partial charge is 0.0118 e. The highest BCUT2D eigenvalue weighted by Gasteiger charge is 2.27. The Hall–Kier alpha value is 0.310. The molecule has 2 unspecified atom stereocenters. The van der Waals surface area contributed by atoms with Crippen molar-refractivity contribution in [2.45, 2.75) is 32.1 Å². The molecule has 0 amide bonds. The van der Waals surface area contributed by atoms with Gasteiger partial charge in [0.15, 0.2) is 0 Å². The highest BCUT2D eigenvalue weighted by molar-refractivity contribution is 7.96. The van der Waals surface area contributed by atoms with Crippen LogP contribution in [0.25, 0.3) is 0 Å². The molecule has 1 heterocycles. The van der Waals surface area contributed by atoms with Crippen LogP contribution in [0.5, 0.6) is 0 Å². The van der Waals surface area contributed by atoms with Gasteiger partial charge in [-0.15, -0.1) is 0 Å². The number of hydrogen-bond acceptors (Lipinski definition) is 2. The summed E-state index contributed by atoms with van der Waals surface area (Å²) in [5, 5.41) is 0. The normalized spacial score (nSPS) is 37.8. The van der Waals surface area contributed by atoms with Crippen molar-refractivity contribution in [2.24, 2.45) is 11.8 Å². The van der Waals surface area contributed by atoms with E-state index in [0.717, 1.165) is 11.8 Å². The molecule has 1 nitrogen and oxygen atoms in total. The Kier molecular flexibility index (Phi) is 2.97. The second kappa shape index (κ2) is 4.01. The maximum absolute atomic E-state index is 2.57. The summed E-state index contributed by atoms with van der Waals surface area (Å²) in [5.74, 6) is 2.10. The lowest BCUT2D eigenvalue weighted by atomic mass is 9.81. The number of fused-ring (bicyclic) bond motifs is 2. The van der Waals surface area contributed by atoms with Crippen molar-refractivity contribution < 1.29 is 0 Å². The van der Waals surface area contributed by atoms with E-state index in [4.69, 9.17) is 0 Å². The molecule has 1 aliphatic carbocycles. The standard InChI is InChI=1S/C10H19NS/c1-12-11-6-5-9-3-2-4-10(7-9)8-11/h9-10H,2-8H2,1H3. The lowest BCUT2D eigenvalue weighted by molar-refractivity contribution is 0.276. The third-order valence-electron chi connectivity index (χ3n) is 3.40. The van der Waals surface area contributed by atoms with Crippen LogP contribution in [-0.4, -0.2) is 23.7 Å². The van der Waals surface area contributed by atoms with Gasteiger partial charge in [0.1, 0.15) is 0 Å². The zero-order chi connectivity index (χ0) is 8.39. The monoisotopic (exact) mass is 185 g/mol. The molecule has 2 heteroatoms. The molecule has 0 aromatic rings. The van der Waals surface area contributed by atoms with Crippen molar-refractivity contribution >= 4 is 11.9 Å². The largest absolute Gasteiger partial charge is 0.251 e. The Morgan fingerprint density at radius 3 is 2.83 bits per heavy atom. The molecule has 0 aromatic heterocycles. The van der Waals surface area contributed by atoms with Crippen molar-refractivity contribution in [1.29, 1.82) is 0 Å². The minimum atomic E-state index is 1.03. The number of rotatable bonds is 1. The Morgan fingerprint density at radius 2 is 2.00 bits per heavy atom. The van der Waals surface area contributed by atoms with E-state index < -0.39 is 0 Å². The van der Waals surface area contributed by atoms with E-state index in [0.29, 0.717) is 0 Å². The van der Waals surface area contributed by atoms with Crippen molar-refractivity contribution in [1.82, 2.24) is 4.31 Å². The van der Waals surface area contributed by atoms with E-state index in [-0.39, 0.29) is 0 Å². The summed E-state index contributed by atoms with van der Waals surface area (Å²) in [6.07, 6.45) is 9.70. The second-order valence-electron chi connectivity index (χ2n) is 4.26. The summed E-state index contributed by atoms with van der Waals surface area (Å²) >= 11 is 1.94. The predicted molar refractivity (Wildman–Crippen MR) is 55.2 cm³/mol. The van der Waals surface area contributed by atoms with Crippen molar-refractivity contribution in [2.75, 3.05) is 19.3 Å². The van der Waals surface area contributed by atoms with Gasteiger partial charge < -0.3 is 0 Å². The van der Waals surface area contributed by atoms with Gasteiger partial charge in [-0.2, -0.15) is 0 Å². The van der Waals surface area contributed by atoms with E-state index in [1.54, 1.807) is 0 Å². The molecule has 1 saturated heterocycles. The molecule has 0 aromatic carbocycles. The zero-order valence-corrected chi connectivity index (χ0v) is 8.78. The van der Waals surface area contributed by atoms with Crippen LogP contribution in [0.1, 0.15) is 32.1 Å². The fourth-order valence-electron chi connectivity index (χ4n) is 2.70. The van der Waals surface area contributed by atoms with Gasteiger partial charge in [-0.05, 0) is 37.4 Å². The summed E-state index contributed by atoms with van der Waals surface area (Å²) in [7, 11) is 0. The lowest BCUT2D eigenvalue weighted by Crippen LogP contribution is -2.22. The van der Waals surface area contributed by atoms with Gasteiger partial charge >= 0.3 is 0 Å². The highest BCUT2D eigenvalue weighted by atomic mass is 32.2. The van der Waals surface area contributed by atoms with Crippen LogP contribution in [0.4, 0.5) is 0 Å². The second-order valence-corrected chi connectivity index (χ2v) is 5.14.